The van der Waals surface area contributed by atoms with Crippen LogP contribution in [0.15, 0.2) is 41.8 Å². The van der Waals surface area contributed by atoms with E-state index in [0.29, 0.717) is 5.92 Å². The van der Waals surface area contributed by atoms with E-state index in [4.69, 9.17) is 0 Å². The fourth-order valence-corrected chi connectivity index (χ4v) is 2.30. The van der Waals surface area contributed by atoms with Gasteiger partial charge in [0.1, 0.15) is 0 Å². The molecule has 1 heterocycles. The average molecular weight is 216 g/mol. The highest BCUT2D eigenvalue weighted by atomic mass is 32.2. The van der Waals surface area contributed by atoms with Crippen LogP contribution in [0.5, 0.6) is 0 Å². The Hall–Kier alpha value is -0.950. The van der Waals surface area contributed by atoms with Gasteiger partial charge in [0.05, 0.1) is 0 Å². The molecule has 0 nitrogen and oxygen atoms in total. The van der Waals surface area contributed by atoms with Crippen molar-refractivity contribution in [3.05, 3.63) is 53.0 Å². The van der Waals surface area contributed by atoms with Crippen LogP contribution in [0.4, 0.5) is 0 Å². The van der Waals surface area contributed by atoms with Crippen molar-refractivity contribution in [2.24, 2.45) is 0 Å². The summed E-state index contributed by atoms with van der Waals surface area (Å²) in [6, 6.07) is 8.85. The smallest absolute Gasteiger partial charge is 0.0163 e. The van der Waals surface area contributed by atoms with E-state index in [0.717, 1.165) is 5.75 Å². The Morgan fingerprint density at radius 1 is 1.27 bits per heavy atom. The third-order valence-electron chi connectivity index (χ3n) is 2.63. The number of thioether (sulfide) groups is 1. The molecule has 0 unspecified atom stereocenters. The Bertz CT molecular complexity index is 400. The third-order valence-corrected chi connectivity index (χ3v) is 3.32. The highest BCUT2D eigenvalue weighted by molar-refractivity contribution is 8.02. The summed E-state index contributed by atoms with van der Waals surface area (Å²) in [7, 11) is 0. The summed E-state index contributed by atoms with van der Waals surface area (Å²) in [5.41, 5.74) is 4.12. The van der Waals surface area contributed by atoms with Gasteiger partial charge < -0.3 is 0 Å². The summed E-state index contributed by atoms with van der Waals surface area (Å²) in [4.78, 5) is 0. The molecule has 1 aliphatic heterocycles. The average Bonchev–Trinajstić information content (AvgIpc) is 2.30. The molecule has 1 aromatic rings. The van der Waals surface area contributed by atoms with E-state index in [1.807, 2.05) is 11.8 Å². The fourth-order valence-electron chi connectivity index (χ4n) is 1.67. The van der Waals surface area contributed by atoms with E-state index in [9.17, 15) is 0 Å². The summed E-state index contributed by atoms with van der Waals surface area (Å²) < 4.78 is 0. The molecule has 0 atom stereocenters. The fraction of sp³-hybridized carbons (Fsp3) is 0.286. The van der Waals surface area contributed by atoms with Crippen molar-refractivity contribution in [3.8, 4) is 0 Å². The number of hydrogen-bond donors (Lipinski definition) is 0. The lowest BCUT2D eigenvalue weighted by Gasteiger charge is -2.10. The SMILES string of the molecule is CC(C)c1cccc(C2=CCSC=C2)c1. The normalized spacial score (nSPS) is 15.5. The van der Waals surface area contributed by atoms with Crippen LogP contribution in [-0.4, -0.2) is 5.75 Å². The van der Waals surface area contributed by atoms with Crippen molar-refractivity contribution in [2.75, 3.05) is 5.75 Å². The van der Waals surface area contributed by atoms with Crippen molar-refractivity contribution >= 4 is 17.3 Å². The Morgan fingerprint density at radius 2 is 2.13 bits per heavy atom. The highest BCUT2D eigenvalue weighted by Crippen LogP contribution is 2.25. The van der Waals surface area contributed by atoms with Crippen molar-refractivity contribution in [1.82, 2.24) is 0 Å². The maximum absolute atomic E-state index is 2.30. The molecule has 1 aromatic carbocycles. The molecule has 1 aliphatic rings. The monoisotopic (exact) mass is 216 g/mol. The molecule has 0 amide bonds. The summed E-state index contributed by atoms with van der Waals surface area (Å²) in [5, 5.41) is 2.18. The molecule has 1 heteroatoms. The van der Waals surface area contributed by atoms with Crippen LogP contribution in [0.2, 0.25) is 0 Å². The maximum Gasteiger partial charge on any atom is 0.0163 e. The van der Waals surface area contributed by atoms with Crippen molar-refractivity contribution in [3.63, 3.8) is 0 Å². The van der Waals surface area contributed by atoms with E-state index >= 15 is 0 Å². The Morgan fingerprint density at radius 3 is 2.80 bits per heavy atom. The molecule has 0 saturated carbocycles. The topological polar surface area (TPSA) is 0 Å². The third kappa shape index (κ3) is 2.54. The van der Waals surface area contributed by atoms with Gasteiger partial charge in [0.2, 0.25) is 0 Å². The lowest BCUT2D eigenvalue weighted by atomic mass is 9.97. The number of rotatable bonds is 2. The van der Waals surface area contributed by atoms with E-state index in [2.05, 4.69) is 55.7 Å². The van der Waals surface area contributed by atoms with Gasteiger partial charge in [-0.1, -0.05) is 44.2 Å². The van der Waals surface area contributed by atoms with Gasteiger partial charge in [-0.3, -0.25) is 0 Å². The van der Waals surface area contributed by atoms with Crippen molar-refractivity contribution in [2.45, 2.75) is 19.8 Å². The molecule has 0 fully saturated rings. The van der Waals surface area contributed by atoms with Crippen LogP contribution in [-0.2, 0) is 0 Å². The largest absolute Gasteiger partial charge is 0.130 e. The minimum absolute atomic E-state index is 0.604. The number of benzene rings is 1. The molecule has 0 aliphatic carbocycles. The molecule has 78 valence electrons. The van der Waals surface area contributed by atoms with E-state index in [1.54, 1.807) is 0 Å². The maximum atomic E-state index is 2.30. The van der Waals surface area contributed by atoms with Gasteiger partial charge in [-0.2, -0.15) is 0 Å². The van der Waals surface area contributed by atoms with E-state index in [1.165, 1.54) is 16.7 Å². The van der Waals surface area contributed by atoms with Gasteiger partial charge in [-0.25, -0.2) is 0 Å². The molecule has 0 bridgehead atoms. The zero-order chi connectivity index (χ0) is 10.7. The second kappa shape index (κ2) is 4.71. The van der Waals surface area contributed by atoms with Gasteiger partial charge in [0.15, 0.2) is 0 Å². The molecule has 0 saturated heterocycles. The van der Waals surface area contributed by atoms with Crippen LogP contribution < -0.4 is 0 Å². The second-order valence-electron chi connectivity index (χ2n) is 4.08. The van der Waals surface area contributed by atoms with Gasteiger partial charge in [-0.15, -0.1) is 11.8 Å². The van der Waals surface area contributed by atoms with E-state index < -0.39 is 0 Å². The number of allylic oxidation sites excluding steroid dienone is 2. The molecular formula is C14H16S. The standard InChI is InChI=1S/C14H16S/c1-11(2)13-4-3-5-14(10-13)12-6-8-15-9-7-12/h3-8,10-11H,9H2,1-2H3. The Balaban J connectivity index is 2.32. The van der Waals surface area contributed by atoms with Gasteiger partial charge in [-0.05, 0) is 34.1 Å². The van der Waals surface area contributed by atoms with Crippen LogP contribution in [0.3, 0.4) is 0 Å². The van der Waals surface area contributed by atoms with Crippen LogP contribution in [0.25, 0.3) is 5.57 Å². The summed E-state index contributed by atoms with van der Waals surface area (Å²) in [6.45, 7) is 4.47. The van der Waals surface area contributed by atoms with Crippen LogP contribution in [0.1, 0.15) is 30.9 Å². The molecule has 0 N–H and O–H groups in total. The zero-order valence-electron chi connectivity index (χ0n) is 9.23. The molecule has 2 rings (SSSR count). The zero-order valence-corrected chi connectivity index (χ0v) is 10.1. The molecule has 15 heavy (non-hydrogen) atoms. The molecular weight excluding hydrogens is 200 g/mol. The van der Waals surface area contributed by atoms with Gasteiger partial charge >= 0.3 is 0 Å². The van der Waals surface area contributed by atoms with Crippen molar-refractivity contribution in [1.29, 1.82) is 0 Å². The van der Waals surface area contributed by atoms with Gasteiger partial charge in [0, 0.05) is 5.75 Å². The predicted molar refractivity (Wildman–Crippen MR) is 70.1 cm³/mol. The first kappa shape index (κ1) is 10.6. The van der Waals surface area contributed by atoms with E-state index in [-0.39, 0.29) is 0 Å². The minimum atomic E-state index is 0.604. The Kier molecular flexibility index (Phi) is 3.32. The first-order chi connectivity index (χ1) is 7.27. The minimum Gasteiger partial charge on any atom is -0.130 e. The summed E-state index contributed by atoms with van der Waals surface area (Å²) >= 11 is 1.85. The lowest BCUT2D eigenvalue weighted by molar-refractivity contribution is 0.866. The first-order valence-corrected chi connectivity index (χ1v) is 6.41. The summed E-state index contributed by atoms with van der Waals surface area (Å²) in [5.74, 6) is 1.70. The summed E-state index contributed by atoms with van der Waals surface area (Å²) in [6.07, 6.45) is 4.50. The second-order valence-corrected chi connectivity index (χ2v) is 5.01. The first-order valence-electron chi connectivity index (χ1n) is 5.36. The predicted octanol–water partition coefficient (Wildman–Crippen LogP) is 4.45. The quantitative estimate of drug-likeness (QED) is 0.703. The lowest BCUT2D eigenvalue weighted by Crippen LogP contribution is -1.91. The molecule has 0 radical (unpaired) electrons. The molecule has 0 aromatic heterocycles. The molecule has 0 spiro atoms. The number of hydrogen-bond acceptors (Lipinski definition) is 1. The van der Waals surface area contributed by atoms with Crippen LogP contribution >= 0.6 is 11.8 Å². The highest BCUT2D eigenvalue weighted by Gasteiger charge is 2.04. The Labute approximate surface area is 96.1 Å². The van der Waals surface area contributed by atoms with Crippen LogP contribution in [0, 0.1) is 0 Å². The van der Waals surface area contributed by atoms with Gasteiger partial charge in [0.25, 0.3) is 0 Å². The van der Waals surface area contributed by atoms with Crippen molar-refractivity contribution < 1.29 is 0 Å².